The van der Waals surface area contributed by atoms with Crippen molar-refractivity contribution >= 4 is 11.4 Å². The SMILES string of the molecule is C=CCCCOc1ccc(N)cc1N. The highest BCUT2D eigenvalue weighted by atomic mass is 16.5. The number of ether oxygens (including phenoxy) is 1. The summed E-state index contributed by atoms with van der Waals surface area (Å²) in [5.74, 6) is 0.697. The normalized spacial score (nSPS) is 9.71. The summed E-state index contributed by atoms with van der Waals surface area (Å²) in [5.41, 5.74) is 12.5. The quantitative estimate of drug-likeness (QED) is 0.427. The summed E-state index contributed by atoms with van der Waals surface area (Å²) in [5, 5.41) is 0. The van der Waals surface area contributed by atoms with Crippen LogP contribution in [0.25, 0.3) is 0 Å². The monoisotopic (exact) mass is 192 g/mol. The van der Waals surface area contributed by atoms with Crippen molar-refractivity contribution < 1.29 is 4.74 Å². The zero-order valence-electron chi connectivity index (χ0n) is 8.20. The first-order chi connectivity index (χ1) is 6.74. The highest BCUT2D eigenvalue weighted by Crippen LogP contribution is 2.23. The Bertz CT molecular complexity index is 310. The van der Waals surface area contributed by atoms with Gasteiger partial charge in [0.15, 0.2) is 0 Å². The molecular weight excluding hydrogens is 176 g/mol. The molecule has 0 aliphatic rings. The lowest BCUT2D eigenvalue weighted by Gasteiger charge is -2.08. The van der Waals surface area contributed by atoms with Crippen molar-refractivity contribution in [2.24, 2.45) is 0 Å². The molecule has 3 heteroatoms. The van der Waals surface area contributed by atoms with Crippen LogP contribution in [-0.2, 0) is 0 Å². The number of benzene rings is 1. The minimum Gasteiger partial charge on any atom is -0.491 e. The third-order valence-electron chi connectivity index (χ3n) is 1.84. The van der Waals surface area contributed by atoms with E-state index >= 15 is 0 Å². The van der Waals surface area contributed by atoms with E-state index in [1.807, 2.05) is 6.08 Å². The van der Waals surface area contributed by atoms with Crippen molar-refractivity contribution in [1.29, 1.82) is 0 Å². The smallest absolute Gasteiger partial charge is 0.142 e. The summed E-state index contributed by atoms with van der Waals surface area (Å²) in [7, 11) is 0. The van der Waals surface area contributed by atoms with Crippen LogP contribution in [-0.4, -0.2) is 6.61 Å². The van der Waals surface area contributed by atoms with E-state index in [4.69, 9.17) is 16.2 Å². The van der Waals surface area contributed by atoms with Gasteiger partial charge in [-0.25, -0.2) is 0 Å². The van der Waals surface area contributed by atoms with Crippen molar-refractivity contribution in [3.05, 3.63) is 30.9 Å². The molecule has 0 bridgehead atoms. The van der Waals surface area contributed by atoms with Gasteiger partial charge in [0.1, 0.15) is 5.75 Å². The van der Waals surface area contributed by atoms with Gasteiger partial charge in [-0.05, 0) is 31.0 Å². The number of allylic oxidation sites excluding steroid dienone is 1. The van der Waals surface area contributed by atoms with Crippen LogP contribution in [0.1, 0.15) is 12.8 Å². The minimum absolute atomic E-state index is 0.587. The van der Waals surface area contributed by atoms with Crippen LogP contribution in [0.4, 0.5) is 11.4 Å². The first kappa shape index (κ1) is 10.4. The maximum atomic E-state index is 5.71. The van der Waals surface area contributed by atoms with Gasteiger partial charge in [-0.2, -0.15) is 0 Å². The van der Waals surface area contributed by atoms with Gasteiger partial charge in [-0.1, -0.05) is 6.08 Å². The van der Waals surface area contributed by atoms with E-state index in [9.17, 15) is 0 Å². The average Bonchev–Trinajstić information content (AvgIpc) is 2.15. The lowest BCUT2D eigenvalue weighted by atomic mass is 10.2. The van der Waals surface area contributed by atoms with Crippen LogP contribution in [0.5, 0.6) is 5.75 Å². The van der Waals surface area contributed by atoms with Crippen LogP contribution in [0.15, 0.2) is 30.9 Å². The molecular formula is C11H16N2O. The van der Waals surface area contributed by atoms with Crippen LogP contribution in [0, 0.1) is 0 Å². The van der Waals surface area contributed by atoms with Crippen LogP contribution < -0.4 is 16.2 Å². The molecule has 4 N–H and O–H groups in total. The molecule has 0 saturated heterocycles. The fourth-order valence-corrected chi connectivity index (χ4v) is 1.11. The molecule has 0 radical (unpaired) electrons. The Labute approximate surface area is 84.4 Å². The lowest BCUT2D eigenvalue weighted by Crippen LogP contribution is -2.00. The fraction of sp³-hybridized carbons (Fsp3) is 0.273. The van der Waals surface area contributed by atoms with E-state index in [2.05, 4.69) is 6.58 Å². The standard InChI is InChI=1S/C11H16N2O/c1-2-3-4-7-14-11-6-5-9(12)8-10(11)13/h2,5-6,8H,1,3-4,7,12-13H2. The summed E-state index contributed by atoms with van der Waals surface area (Å²) in [6.45, 7) is 4.29. The Morgan fingerprint density at radius 1 is 1.36 bits per heavy atom. The zero-order valence-corrected chi connectivity index (χ0v) is 8.20. The van der Waals surface area contributed by atoms with Gasteiger partial charge in [0.25, 0.3) is 0 Å². The molecule has 3 nitrogen and oxygen atoms in total. The molecule has 0 fully saturated rings. The lowest BCUT2D eigenvalue weighted by molar-refractivity contribution is 0.314. The third-order valence-corrected chi connectivity index (χ3v) is 1.84. The largest absolute Gasteiger partial charge is 0.491 e. The molecule has 1 aromatic carbocycles. The van der Waals surface area contributed by atoms with E-state index in [1.54, 1.807) is 18.2 Å². The minimum atomic E-state index is 0.587. The summed E-state index contributed by atoms with van der Waals surface area (Å²) < 4.78 is 5.47. The summed E-state index contributed by atoms with van der Waals surface area (Å²) >= 11 is 0. The Morgan fingerprint density at radius 2 is 2.14 bits per heavy atom. The fourth-order valence-electron chi connectivity index (χ4n) is 1.11. The van der Waals surface area contributed by atoms with E-state index in [-0.39, 0.29) is 0 Å². The second-order valence-corrected chi connectivity index (χ2v) is 3.08. The van der Waals surface area contributed by atoms with Gasteiger partial charge in [0.05, 0.1) is 12.3 Å². The van der Waals surface area contributed by atoms with Crippen molar-refractivity contribution in [2.45, 2.75) is 12.8 Å². The number of nitrogen functional groups attached to an aromatic ring is 2. The third kappa shape index (κ3) is 3.01. The van der Waals surface area contributed by atoms with Gasteiger partial charge in [0, 0.05) is 5.69 Å². The topological polar surface area (TPSA) is 61.3 Å². The predicted octanol–water partition coefficient (Wildman–Crippen LogP) is 2.20. The number of unbranched alkanes of at least 4 members (excludes halogenated alkanes) is 1. The molecule has 0 saturated carbocycles. The molecule has 76 valence electrons. The molecule has 0 amide bonds. The van der Waals surface area contributed by atoms with Crippen molar-refractivity contribution in [2.75, 3.05) is 18.1 Å². The number of hydrogen-bond donors (Lipinski definition) is 2. The van der Waals surface area contributed by atoms with Crippen molar-refractivity contribution in [1.82, 2.24) is 0 Å². The molecule has 0 atom stereocenters. The van der Waals surface area contributed by atoms with E-state index in [1.165, 1.54) is 0 Å². The molecule has 0 aromatic heterocycles. The predicted molar refractivity (Wildman–Crippen MR) is 60.2 cm³/mol. The molecule has 0 aliphatic heterocycles. The summed E-state index contributed by atoms with van der Waals surface area (Å²) in [6, 6.07) is 5.26. The van der Waals surface area contributed by atoms with E-state index in [0.29, 0.717) is 23.7 Å². The molecule has 0 unspecified atom stereocenters. The van der Waals surface area contributed by atoms with E-state index < -0.39 is 0 Å². The number of nitrogens with two attached hydrogens (primary N) is 2. The Kier molecular flexibility index (Phi) is 3.85. The summed E-state index contributed by atoms with van der Waals surface area (Å²) in [4.78, 5) is 0. The Balaban J connectivity index is 2.46. The maximum Gasteiger partial charge on any atom is 0.142 e. The highest BCUT2D eigenvalue weighted by Gasteiger charge is 1.99. The Morgan fingerprint density at radius 3 is 2.79 bits per heavy atom. The van der Waals surface area contributed by atoms with Gasteiger partial charge < -0.3 is 16.2 Å². The number of hydrogen-bond acceptors (Lipinski definition) is 3. The second-order valence-electron chi connectivity index (χ2n) is 3.08. The first-order valence-corrected chi connectivity index (χ1v) is 4.62. The van der Waals surface area contributed by atoms with Gasteiger partial charge in [-0.3, -0.25) is 0 Å². The van der Waals surface area contributed by atoms with E-state index in [0.717, 1.165) is 12.8 Å². The molecule has 1 rings (SSSR count). The van der Waals surface area contributed by atoms with Crippen LogP contribution in [0.2, 0.25) is 0 Å². The first-order valence-electron chi connectivity index (χ1n) is 4.62. The highest BCUT2D eigenvalue weighted by molar-refractivity contribution is 5.60. The number of rotatable bonds is 5. The maximum absolute atomic E-state index is 5.71. The van der Waals surface area contributed by atoms with Crippen molar-refractivity contribution in [3.8, 4) is 5.75 Å². The average molecular weight is 192 g/mol. The molecule has 0 aliphatic carbocycles. The molecule has 0 spiro atoms. The molecule has 14 heavy (non-hydrogen) atoms. The second kappa shape index (κ2) is 5.17. The number of anilines is 2. The zero-order chi connectivity index (χ0) is 10.4. The van der Waals surface area contributed by atoms with Gasteiger partial charge in [0.2, 0.25) is 0 Å². The van der Waals surface area contributed by atoms with Crippen LogP contribution >= 0.6 is 0 Å². The van der Waals surface area contributed by atoms with Crippen LogP contribution in [0.3, 0.4) is 0 Å². The Hall–Kier alpha value is -1.64. The van der Waals surface area contributed by atoms with Gasteiger partial charge in [-0.15, -0.1) is 6.58 Å². The molecule has 0 heterocycles. The van der Waals surface area contributed by atoms with Crippen molar-refractivity contribution in [3.63, 3.8) is 0 Å². The molecule has 1 aromatic rings. The van der Waals surface area contributed by atoms with Gasteiger partial charge >= 0.3 is 0 Å². The summed E-state index contributed by atoms with van der Waals surface area (Å²) in [6.07, 6.45) is 3.78.